The van der Waals surface area contributed by atoms with Gasteiger partial charge in [0.05, 0.1) is 18.4 Å². The molecule has 100 valence electrons. The molecule has 1 N–H and O–H groups in total. The Morgan fingerprint density at radius 1 is 1.44 bits per heavy atom. The molecule has 2 heterocycles. The van der Waals surface area contributed by atoms with Gasteiger partial charge in [-0.3, -0.25) is 0 Å². The van der Waals surface area contributed by atoms with Crippen molar-refractivity contribution in [2.45, 2.75) is 33.0 Å². The van der Waals surface area contributed by atoms with Crippen molar-refractivity contribution in [1.29, 1.82) is 0 Å². The topological polar surface area (TPSA) is 50.3 Å². The van der Waals surface area contributed by atoms with Gasteiger partial charge >= 0.3 is 0 Å². The van der Waals surface area contributed by atoms with E-state index in [9.17, 15) is 0 Å². The van der Waals surface area contributed by atoms with E-state index in [2.05, 4.69) is 34.0 Å². The van der Waals surface area contributed by atoms with Crippen LogP contribution in [0.2, 0.25) is 5.02 Å². The molecule has 2 atom stereocenters. The minimum Gasteiger partial charge on any atom is -0.372 e. The van der Waals surface area contributed by atoms with Gasteiger partial charge in [-0.15, -0.1) is 0 Å². The molecule has 2 rings (SSSR count). The molecule has 0 bridgehead atoms. The Morgan fingerprint density at radius 3 is 2.72 bits per heavy atom. The molecule has 1 aromatic rings. The molecule has 5 nitrogen and oxygen atoms in total. The summed E-state index contributed by atoms with van der Waals surface area (Å²) in [5, 5.41) is 3.68. The lowest BCUT2D eigenvalue weighted by Gasteiger charge is -2.36. The minimum atomic E-state index is 0.183. The largest absolute Gasteiger partial charge is 0.372 e. The van der Waals surface area contributed by atoms with Gasteiger partial charge in [-0.2, -0.15) is 4.98 Å². The van der Waals surface area contributed by atoms with Crippen LogP contribution in [0.4, 0.5) is 11.8 Å². The molecule has 0 saturated carbocycles. The fourth-order valence-electron chi connectivity index (χ4n) is 2.17. The molecule has 2 unspecified atom stereocenters. The van der Waals surface area contributed by atoms with Gasteiger partial charge in [0.25, 0.3) is 0 Å². The fourth-order valence-corrected chi connectivity index (χ4v) is 2.38. The van der Waals surface area contributed by atoms with Crippen LogP contribution < -0.4 is 10.2 Å². The number of nitrogens with zero attached hydrogens (tertiary/aromatic N) is 3. The van der Waals surface area contributed by atoms with Crippen molar-refractivity contribution in [2.75, 3.05) is 29.9 Å². The summed E-state index contributed by atoms with van der Waals surface area (Å²) >= 11 is 6.19. The van der Waals surface area contributed by atoms with Gasteiger partial charge in [-0.25, -0.2) is 4.98 Å². The van der Waals surface area contributed by atoms with E-state index in [0.29, 0.717) is 11.0 Å². The van der Waals surface area contributed by atoms with Crippen molar-refractivity contribution in [3.63, 3.8) is 0 Å². The molecular weight excluding hydrogens is 252 g/mol. The van der Waals surface area contributed by atoms with E-state index < -0.39 is 0 Å². The highest BCUT2D eigenvalue weighted by Crippen LogP contribution is 2.26. The third-order valence-corrected chi connectivity index (χ3v) is 3.05. The first-order chi connectivity index (χ1) is 8.60. The highest BCUT2D eigenvalue weighted by atomic mass is 35.5. The summed E-state index contributed by atoms with van der Waals surface area (Å²) in [6, 6.07) is 0. The van der Waals surface area contributed by atoms with Crippen LogP contribution in [-0.4, -0.2) is 41.8 Å². The highest BCUT2D eigenvalue weighted by molar-refractivity contribution is 6.32. The van der Waals surface area contributed by atoms with Crippen LogP contribution in [0.25, 0.3) is 0 Å². The Morgan fingerprint density at radius 2 is 2.11 bits per heavy atom. The quantitative estimate of drug-likeness (QED) is 0.912. The summed E-state index contributed by atoms with van der Waals surface area (Å²) in [4.78, 5) is 10.8. The van der Waals surface area contributed by atoms with Gasteiger partial charge in [0.15, 0.2) is 5.82 Å². The van der Waals surface area contributed by atoms with E-state index in [0.717, 1.165) is 25.5 Å². The van der Waals surface area contributed by atoms with Crippen LogP contribution in [0.1, 0.15) is 20.8 Å². The van der Waals surface area contributed by atoms with E-state index in [1.165, 1.54) is 0 Å². The second-order valence-electron chi connectivity index (χ2n) is 4.56. The molecule has 18 heavy (non-hydrogen) atoms. The number of rotatable bonds is 3. The zero-order chi connectivity index (χ0) is 13.1. The predicted molar refractivity (Wildman–Crippen MR) is 73.4 cm³/mol. The van der Waals surface area contributed by atoms with E-state index in [1.807, 2.05) is 6.92 Å². The third-order valence-electron chi connectivity index (χ3n) is 2.78. The van der Waals surface area contributed by atoms with Gasteiger partial charge < -0.3 is 15.0 Å². The van der Waals surface area contributed by atoms with E-state index in [4.69, 9.17) is 16.3 Å². The standard InChI is InChI=1S/C12H19ClN4O/c1-4-14-12-15-5-10(13)11(16-12)17-6-8(2)18-9(3)7-17/h5,8-9H,4,6-7H2,1-3H3,(H,14,15,16). The predicted octanol–water partition coefficient (Wildman–Crippen LogP) is 2.18. The maximum atomic E-state index is 6.19. The molecule has 1 fully saturated rings. The molecule has 1 aliphatic heterocycles. The molecule has 0 radical (unpaired) electrons. The molecule has 1 aromatic heterocycles. The van der Waals surface area contributed by atoms with Crippen molar-refractivity contribution in [1.82, 2.24) is 9.97 Å². The summed E-state index contributed by atoms with van der Waals surface area (Å²) in [7, 11) is 0. The molecular formula is C12H19ClN4O. The summed E-state index contributed by atoms with van der Waals surface area (Å²) in [6.45, 7) is 8.51. The molecule has 0 amide bonds. The summed E-state index contributed by atoms with van der Waals surface area (Å²) in [6.07, 6.45) is 2.01. The molecule has 6 heteroatoms. The zero-order valence-electron chi connectivity index (χ0n) is 11.0. The molecule has 1 aliphatic rings. The smallest absolute Gasteiger partial charge is 0.224 e. The second-order valence-corrected chi connectivity index (χ2v) is 4.96. The maximum Gasteiger partial charge on any atom is 0.224 e. The van der Waals surface area contributed by atoms with Crippen LogP contribution in [0.15, 0.2) is 6.20 Å². The first-order valence-corrected chi connectivity index (χ1v) is 6.64. The molecule has 0 aromatic carbocycles. The number of hydrogen-bond donors (Lipinski definition) is 1. The SMILES string of the molecule is CCNc1ncc(Cl)c(N2CC(C)OC(C)C2)n1. The number of ether oxygens (including phenoxy) is 1. The monoisotopic (exact) mass is 270 g/mol. The minimum absolute atomic E-state index is 0.183. The normalized spacial score (nSPS) is 24.1. The average Bonchev–Trinajstić information content (AvgIpc) is 2.30. The number of hydrogen-bond acceptors (Lipinski definition) is 5. The van der Waals surface area contributed by atoms with Crippen LogP contribution in [0.5, 0.6) is 0 Å². The average molecular weight is 271 g/mol. The van der Waals surface area contributed by atoms with Crippen molar-refractivity contribution in [3.05, 3.63) is 11.2 Å². The van der Waals surface area contributed by atoms with Gasteiger partial charge in [0.2, 0.25) is 5.95 Å². The van der Waals surface area contributed by atoms with Gasteiger partial charge in [0.1, 0.15) is 5.02 Å². The highest BCUT2D eigenvalue weighted by Gasteiger charge is 2.25. The zero-order valence-corrected chi connectivity index (χ0v) is 11.7. The summed E-state index contributed by atoms with van der Waals surface area (Å²) in [5.41, 5.74) is 0. The van der Waals surface area contributed by atoms with Gasteiger partial charge in [-0.05, 0) is 20.8 Å². The Hall–Kier alpha value is -1.07. The molecule has 0 spiro atoms. The summed E-state index contributed by atoms with van der Waals surface area (Å²) < 4.78 is 5.71. The lowest BCUT2D eigenvalue weighted by Crippen LogP contribution is -2.46. The Labute approximate surface area is 113 Å². The maximum absolute atomic E-state index is 6.19. The number of halogens is 1. The first-order valence-electron chi connectivity index (χ1n) is 6.27. The van der Waals surface area contributed by atoms with Crippen LogP contribution >= 0.6 is 11.6 Å². The van der Waals surface area contributed by atoms with E-state index in [1.54, 1.807) is 6.20 Å². The van der Waals surface area contributed by atoms with Crippen LogP contribution in [0, 0.1) is 0 Å². The summed E-state index contributed by atoms with van der Waals surface area (Å²) in [5.74, 6) is 1.40. The van der Waals surface area contributed by atoms with Crippen LogP contribution in [-0.2, 0) is 4.74 Å². The number of anilines is 2. The Kier molecular flexibility index (Phi) is 4.24. The number of aromatic nitrogens is 2. The van der Waals surface area contributed by atoms with Crippen molar-refractivity contribution in [3.8, 4) is 0 Å². The number of nitrogens with one attached hydrogen (secondary N) is 1. The van der Waals surface area contributed by atoms with Crippen molar-refractivity contribution in [2.24, 2.45) is 0 Å². The second kappa shape index (κ2) is 5.71. The Bertz CT molecular complexity index is 405. The molecule has 1 saturated heterocycles. The van der Waals surface area contributed by atoms with Gasteiger partial charge in [0, 0.05) is 19.6 Å². The number of morpholine rings is 1. The van der Waals surface area contributed by atoms with E-state index in [-0.39, 0.29) is 12.2 Å². The first kappa shape index (κ1) is 13.4. The Balaban J connectivity index is 2.22. The lowest BCUT2D eigenvalue weighted by molar-refractivity contribution is -0.00545. The molecule has 0 aliphatic carbocycles. The van der Waals surface area contributed by atoms with Crippen molar-refractivity contribution < 1.29 is 4.74 Å². The van der Waals surface area contributed by atoms with Crippen molar-refractivity contribution >= 4 is 23.4 Å². The van der Waals surface area contributed by atoms with E-state index >= 15 is 0 Å². The fraction of sp³-hybridized carbons (Fsp3) is 0.667. The third kappa shape index (κ3) is 3.03. The lowest BCUT2D eigenvalue weighted by atomic mass is 10.2. The van der Waals surface area contributed by atoms with Gasteiger partial charge in [-0.1, -0.05) is 11.6 Å². The van der Waals surface area contributed by atoms with Crippen LogP contribution in [0.3, 0.4) is 0 Å².